The molecule has 0 radical (unpaired) electrons. The van der Waals surface area contributed by atoms with Crippen molar-refractivity contribution in [3.63, 3.8) is 0 Å². The maximum atomic E-state index is 10.3. The third kappa shape index (κ3) is 7.01. The second-order valence-electron chi connectivity index (χ2n) is 14.0. The Morgan fingerprint density at radius 3 is 2.18 bits per heavy atom. The average molecular weight is 459 g/mol. The minimum absolute atomic E-state index is 0.0361. The number of aliphatic hydroxyl groups excluding tert-OH is 1. The first-order valence-corrected chi connectivity index (χ1v) is 15.6. The quantitative estimate of drug-likeness (QED) is 0.365. The van der Waals surface area contributed by atoms with E-state index in [0.29, 0.717) is 5.92 Å². The van der Waals surface area contributed by atoms with E-state index in [4.69, 9.17) is 0 Å². The number of hydrogen-bond acceptors (Lipinski definition) is 1. The van der Waals surface area contributed by atoms with Crippen molar-refractivity contribution < 1.29 is 5.11 Å². The van der Waals surface area contributed by atoms with Gasteiger partial charge >= 0.3 is 0 Å². The summed E-state index contributed by atoms with van der Waals surface area (Å²) in [5.41, 5.74) is 0. The van der Waals surface area contributed by atoms with Gasteiger partial charge in [-0.2, -0.15) is 0 Å². The first-order valence-electron chi connectivity index (χ1n) is 15.6. The van der Waals surface area contributed by atoms with E-state index in [1.807, 2.05) is 0 Å². The van der Waals surface area contributed by atoms with Crippen LogP contribution in [0, 0.1) is 59.2 Å². The standard InChI is InChI=1S/C32H58O/c1-5-28(14-8-23(3)18-26-12-9-24(4)32(33)21-26)30-17-16-29-15-13-27(20-31(29)30)19-25-10-6-22(2)7-11-25/h22-33H,5-21H2,1-4H3. The van der Waals surface area contributed by atoms with Gasteiger partial charge in [0.25, 0.3) is 0 Å². The Bertz CT molecular complexity index is 563. The molecule has 0 heterocycles. The summed E-state index contributed by atoms with van der Waals surface area (Å²) in [5, 5.41) is 10.3. The van der Waals surface area contributed by atoms with Gasteiger partial charge in [-0.05, 0) is 123 Å². The van der Waals surface area contributed by atoms with E-state index in [0.717, 1.165) is 59.7 Å². The van der Waals surface area contributed by atoms with Crippen molar-refractivity contribution in [2.24, 2.45) is 59.2 Å². The fraction of sp³-hybridized carbons (Fsp3) is 1.00. The number of hydrogen-bond donors (Lipinski definition) is 1. The molecule has 1 heteroatoms. The molecule has 9 atom stereocenters. The van der Waals surface area contributed by atoms with E-state index in [1.54, 1.807) is 38.5 Å². The second-order valence-corrected chi connectivity index (χ2v) is 14.0. The molecule has 0 aromatic heterocycles. The highest BCUT2D eigenvalue weighted by molar-refractivity contribution is 4.93. The van der Waals surface area contributed by atoms with Crippen LogP contribution in [0.2, 0.25) is 0 Å². The van der Waals surface area contributed by atoms with Crippen LogP contribution in [0.1, 0.15) is 137 Å². The molecule has 9 unspecified atom stereocenters. The van der Waals surface area contributed by atoms with Gasteiger partial charge in [0, 0.05) is 0 Å². The van der Waals surface area contributed by atoms with Crippen molar-refractivity contribution in [1.82, 2.24) is 0 Å². The van der Waals surface area contributed by atoms with Crippen molar-refractivity contribution in [1.29, 1.82) is 0 Å². The fourth-order valence-corrected chi connectivity index (χ4v) is 9.20. The molecule has 0 aromatic rings. The molecule has 0 aromatic carbocycles. The lowest BCUT2D eigenvalue weighted by atomic mass is 9.66. The normalized spacial score (nSPS) is 43.7. The van der Waals surface area contributed by atoms with Gasteiger partial charge in [-0.1, -0.05) is 72.6 Å². The summed E-state index contributed by atoms with van der Waals surface area (Å²) < 4.78 is 0. The van der Waals surface area contributed by atoms with Gasteiger partial charge in [-0.3, -0.25) is 0 Å². The van der Waals surface area contributed by atoms with E-state index < -0.39 is 0 Å². The van der Waals surface area contributed by atoms with Gasteiger partial charge in [0.15, 0.2) is 0 Å². The third-order valence-corrected chi connectivity index (χ3v) is 11.5. The SMILES string of the molecule is CCC(CCC(C)CC1CCC(C)C(O)C1)C1CCC2CCC(CC3CCC(C)CC3)CC21. The molecule has 4 rings (SSSR count). The third-order valence-electron chi connectivity index (χ3n) is 11.5. The van der Waals surface area contributed by atoms with Crippen LogP contribution >= 0.6 is 0 Å². The zero-order valence-electron chi connectivity index (χ0n) is 22.8. The van der Waals surface area contributed by atoms with E-state index in [1.165, 1.54) is 64.2 Å². The Balaban J connectivity index is 1.23. The molecule has 1 nitrogen and oxygen atoms in total. The predicted octanol–water partition coefficient (Wildman–Crippen LogP) is 9.28. The van der Waals surface area contributed by atoms with Crippen LogP contribution in [0.25, 0.3) is 0 Å². The largest absolute Gasteiger partial charge is 0.393 e. The number of rotatable bonds is 9. The van der Waals surface area contributed by atoms with Crippen LogP contribution in [-0.4, -0.2) is 11.2 Å². The van der Waals surface area contributed by atoms with Crippen molar-refractivity contribution in [3.05, 3.63) is 0 Å². The van der Waals surface area contributed by atoms with Gasteiger partial charge in [-0.15, -0.1) is 0 Å². The molecular formula is C32H58O. The van der Waals surface area contributed by atoms with Crippen LogP contribution < -0.4 is 0 Å². The Morgan fingerprint density at radius 1 is 0.758 bits per heavy atom. The molecule has 0 saturated heterocycles. The molecule has 0 amide bonds. The summed E-state index contributed by atoms with van der Waals surface area (Å²) >= 11 is 0. The highest BCUT2D eigenvalue weighted by atomic mass is 16.3. The number of aliphatic hydroxyl groups is 1. The highest BCUT2D eigenvalue weighted by Gasteiger charge is 2.43. The fourth-order valence-electron chi connectivity index (χ4n) is 9.20. The van der Waals surface area contributed by atoms with Crippen molar-refractivity contribution in [3.8, 4) is 0 Å². The minimum atomic E-state index is -0.0361. The second kappa shape index (κ2) is 12.3. The van der Waals surface area contributed by atoms with Gasteiger partial charge in [0.2, 0.25) is 0 Å². The summed E-state index contributed by atoms with van der Waals surface area (Å²) in [4.78, 5) is 0. The topological polar surface area (TPSA) is 20.2 Å². The van der Waals surface area contributed by atoms with Crippen LogP contribution in [-0.2, 0) is 0 Å². The van der Waals surface area contributed by atoms with Crippen LogP contribution in [0.4, 0.5) is 0 Å². The van der Waals surface area contributed by atoms with Crippen LogP contribution in [0.15, 0.2) is 0 Å². The lowest BCUT2D eigenvalue weighted by Crippen LogP contribution is -2.30. The van der Waals surface area contributed by atoms with E-state index in [9.17, 15) is 5.11 Å². The van der Waals surface area contributed by atoms with Gasteiger partial charge in [0.05, 0.1) is 6.10 Å². The first kappa shape index (κ1) is 26.0. The van der Waals surface area contributed by atoms with Crippen molar-refractivity contribution in [2.75, 3.05) is 0 Å². The molecule has 4 fully saturated rings. The summed E-state index contributed by atoms with van der Waals surface area (Å²) in [5.74, 6) is 9.43. The molecular weight excluding hydrogens is 400 g/mol. The van der Waals surface area contributed by atoms with E-state index in [-0.39, 0.29) is 6.10 Å². The molecule has 0 spiro atoms. The van der Waals surface area contributed by atoms with Gasteiger partial charge < -0.3 is 5.11 Å². The molecule has 4 aliphatic carbocycles. The van der Waals surface area contributed by atoms with Gasteiger partial charge in [0.1, 0.15) is 0 Å². The zero-order chi connectivity index (χ0) is 23.4. The Hall–Kier alpha value is -0.0400. The minimum Gasteiger partial charge on any atom is -0.393 e. The summed E-state index contributed by atoms with van der Waals surface area (Å²) in [6.45, 7) is 9.70. The highest BCUT2D eigenvalue weighted by Crippen LogP contribution is 2.53. The predicted molar refractivity (Wildman–Crippen MR) is 142 cm³/mol. The summed E-state index contributed by atoms with van der Waals surface area (Å²) in [6.07, 6.45) is 24.7. The molecule has 0 bridgehead atoms. The van der Waals surface area contributed by atoms with Crippen LogP contribution in [0.5, 0.6) is 0 Å². The van der Waals surface area contributed by atoms with E-state index >= 15 is 0 Å². The molecule has 1 N–H and O–H groups in total. The molecule has 4 saturated carbocycles. The lowest BCUT2D eigenvalue weighted by molar-refractivity contribution is 0.0463. The Kier molecular flexibility index (Phi) is 9.68. The molecule has 33 heavy (non-hydrogen) atoms. The zero-order valence-corrected chi connectivity index (χ0v) is 22.8. The summed E-state index contributed by atoms with van der Waals surface area (Å²) in [7, 11) is 0. The molecule has 192 valence electrons. The monoisotopic (exact) mass is 458 g/mol. The van der Waals surface area contributed by atoms with E-state index in [2.05, 4.69) is 27.7 Å². The van der Waals surface area contributed by atoms with Crippen molar-refractivity contribution in [2.45, 2.75) is 143 Å². The average Bonchev–Trinajstić information content (AvgIpc) is 3.21. The maximum absolute atomic E-state index is 10.3. The maximum Gasteiger partial charge on any atom is 0.0568 e. The van der Waals surface area contributed by atoms with Gasteiger partial charge in [-0.25, -0.2) is 0 Å². The van der Waals surface area contributed by atoms with Crippen molar-refractivity contribution >= 4 is 0 Å². The Morgan fingerprint density at radius 2 is 1.45 bits per heavy atom. The molecule has 0 aliphatic heterocycles. The first-order chi connectivity index (χ1) is 15.9. The number of fused-ring (bicyclic) bond motifs is 1. The Labute approximate surface area is 207 Å². The lowest BCUT2D eigenvalue weighted by Gasteiger charge is -2.39. The smallest absolute Gasteiger partial charge is 0.0568 e. The van der Waals surface area contributed by atoms with Crippen LogP contribution in [0.3, 0.4) is 0 Å². The molecule has 4 aliphatic rings. The summed E-state index contributed by atoms with van der Waals surface area (Å²) in [6, 6.07) is 0.